The van der Waals surface area contributed by atoms with Gasteiger partial charge in [0.15, 0.2) is 0 Å². The van der Waals surface area contributed by atoms with Crippen LogP contribution < -0.4 is 0 Å². The molecule has 1 aromatic carbocycles. The molecule has 0 saturated carbocycles. The van der Waals surface area contributed by atoms with E-state index in [0.29, 0.717) is 14.9 Å². The van der Waals surface area contributed by atoms with Crippen molar-refractivity contribution < 1.29 is 9.50 Å². The van der Waals surface area contributed by atoms with Crippen molar-refractivity contribution in [3.63, 3.8) is 0 Å². The topological polar surface area (TPSA) is 20.2 Å². The molecular formula is C10H12BrFOS. The van der Waals surface area contributed by atoms with Crippen molar-refractivity contribution in [3.05, 3.63) is 28.0 Å². The van der Waals surface area contributed by atoms with Crippen molar-refractivity contribution in [1.82, 2.24) is 0 Å². The van der Waals surface area contributed by atoms with Crippen LogP contribution in [0.1, 0.15) is 19.4 Å². The van der Waals surface area contributed by atoms with Crippen LogP contribution in [-0.2, 0) is 5.60 Å². The van der Waals surface area contributed by atoms with Crippen LogP contribution >= 0.6 is 27.7 Å². The van der Waals surface area contributed by atoms with Gasteiger partial charge in [0.1, 0.15) is 5.82 Å². The maximum Gasteiger partial charge on any atom is 0.138 e. The van der Waals surface area contributed by atoms with Gasteiger partial charge < -0.3 is 5.11 Å². The Bertz CT molecular complexity index is 323. The Hall–Kier alpha value is -0.0600. The molecule has 1 nitrogen and oxygen atoms in total. The zero-order valence-corrected chi connectivity index (χ0v) is 10.7. The van der Waals surface area contributed by atoms with Crippen molar-refractivity contribution in [3.8, 4) is 0 Å². The quantitative estimate of drug-likeness (QED) is 0.836. The van der Waals surface area contributed by atoms with E-state index in [1.807, 2.05) is 6.26 Å². The maximum absolute atomic E-state index is 13.5. The second-order valence-corrected chi connectivity index (χ2v) is 5.20. The molecule has 1 aromatic rings. The Morgan fingerprint density at radius 3 is 2.36 bits per heavy atom. The van der Waals surface area contributed by atoms with Gasteiger partial charge in [0.05, 0.1) is 10.5 Å². The van der Waals surface area contributed by atoms with E-state index in [9.17, 15) is 9.50 Å². The van der Waals surface area contributed by atoms with E-state index in [0.717, 1.165) is 0 Å². The maximum atomic E-state index is 13.5. The summed E-state index contributed by atoms with van der Waals surface area (Å²) in [6, 6.07) is 3.12. The van der Waals surface area contributed by atoms with Gasteiger partial charge in [-0.1, -0.05) is 0 Å². The summed E-state index contributed by atoms with van der Waals surface area (Å²) < 4.78 is 14.2. The molecule has 0 aliphatic rings. The lowest BCUT2D eigenvalue weighted by Crippen LogP contribution is -2.15. The standard InChI is InChI=1S/C10H12BrFOS/c1-10(2,13)6-4-7(11)9(14-3)8(12)5-6/h4-5,13H,1-3H3. The number of aliphatic hydroxyl groups is 1. The smallest absolute Gasteiger partial charge is 0.138 e. The van der Waals surface area contributed by atoms with Crippen molar-refractivity contribution in [2.45, 2.75) is 24.3 Å². The highest BCUT2D eigenvalue weighted by Crippen LogP contribution is 2.33. The van der Waals surface area contributed by atoms with Gasteiger partial charge in [-0.3, -0.25) is 0 Å². The average Bonchev–Trinajstić information content (AvgIpc) is 2.01. The minimum atomic E-state index is -1.01. The molecule has 0 atom stereocenters. The minimum absolute atomic E-state index is 0.302. The summed E-state index contributed by atoms with van der Waals surface area (Å²) in [5.74, 6) is -0.302. The Balaban J connectivity index is 3.28. The fourth-order valence-corrected chi connectivity index (χ4v) is 2.54. The average molecular weight is 279 g/mol. The van der Waals surface area contributed by atoms with E-state index in [4.69, 9.17) is 0 Å². The number of rotatable bonds is 2. The molecule has 1 N–H and O–H groups in total. The second kappa shape index (κ2) is 4.21. The molecule has 0 amide bonds. The van der Waals surface area contributed by atoms with Gasteiger partial charge >= 0.3 is 0 Å². The Labute approximate surface area is 95.8 Å². The molecule has 4 heteroatoms. The van der Waals surface area contributed by atoms with Crippen LogP contribution in [0.2, 0.25) is 0 Å². The number of hydrogen-bond donors (Lipinski definition) is 1. The van der Waals surface area contributed by atoms with Crippen LogP contribution in [0.4, 0.5) is 4.39 Å². The zero-order chi connectivity index (χ0) is 10.9. The van der Waals surface area contributed by atoms with E-state index in [1.54, 1.807) is 19.9 Å². The number of hydrogen-bond acceptors (Lipinski definition) is 2. The third-order valence-electron chi connectivity index (χ3n) is 1.91. The third kappa shape index (κ3) is 2.49. The molecule has 78 valence electrons. The lowest BCUT2D eigenvalue weighted by Gasteiger charge is -2.19. The van der Waals surface area contributed by atoms with E-state index in [1.165, 1.54) is 17.8 Å². The zero-order valence-electron chi connectivity index (χ0n) is 8.27. The molecule has 0 fully saturated rings. The Morgan fingerprint density at radius 2 is 2.00 bits per heavy atom. The first-order valence-electron chi connectivity index (χ1n) is 4.12. The largest absolute Gasteiger partial charge is 0.386 e. The SMILES string of the molecule is CSc1c(F)cc(C(C)(C)O)cc1Br. The summed E-state index contributed by atoms with van der Waals surface area (Å²) in [5.41, 5.74) is -0.444. The molecule has 0 bridgehead atoms. The van der Waals surface area contributed by atoms with E-state index >= 15 is 0 Å². The van der Waals surface area contributed by atoms with Gasteiger partial charge in [-0.15, -0.1) is 11.8 Å². The van der Waals surface area contributed by atoms with Crippen molar-refractivity contribution in [2.24, 2.45) is 0 Å². The Morgan fingerprint density at radius 1 is 1.43 bits per heavy atom. The molecule has 1 rings (SSSR count). The van der Waals surface area contributed by atoms with E-state index in [2.05, 4.69) is 15.9 Å². The summed E-state index contributed by atoms with van der Waals surface area (Å²) in [5, 5.41) is 9.71. The monoisotopic (exact) mass is 278 g/mol. The lowest BCUT2D eigenvalue weighted by atomic mass is 9.99. The number of benzene rings is 1. The van der Waals surface area contributed by atoms with Crippen LogP contribution in [0.15, 0.2) is 21.5 Å². The third-order valence-corrected chi connectivity index (χ3v) is 3.62. The van der Waals surface area contributed by atoms with Crippen LogP contribution in [0.25, 0.3) is 0 Å². The molecule has 0 aromatic heterocycles. The van der Waals surface area contributed by atoms with Gasteiger partial charge in [0.2, 0.25) is 0 Å². The van der Waals surface area contributed by atoms with Crippen molar-refractivity contribution in [2.75, 3.05) is 6.26 Å². The first kappa shape index (κ1) is 12.0. The molecule has 0 saturated heterocycles. The first-order valence-corrected chi connectivity index (χ1v) is 6.14. The van der Waals surface area contributed by atoms with Gasteiger partial charge in [-0.2, -0.15) is 0 Å². The summed E-state index contributed by atoms with van der Waals surface area (Å²) in [7, 11) is 0. The van der Waals surface area contributed by atoms with Gasteiger partial charge in [0, 0.05) is 4.47 Å². The number of thioether (sulfide) groups is 1. The molecule has 14 heavy (non-hydrogen) atoms. The van der Waals surface area contributed by atoms with Gasteiger partial charge in [0.25, 0.3) is 0 Å². The summed E-state index contributed by atoms with van der Waals surface area (Å²) >= 11 is 4.62. The predicted molar refractivity (Wildman–Crippen MR) is 61.1 cm³/mol. The normalized spacial score (nSPS) is 11.9. The van der Waals surface area contributed by atoms with Gasteiger partial charge in [-0.25, -0.2) is 4.39 Å². The highest BCUT2D eigenvalue weighted by Gasteiger charge is 2.19. The van der Waals surface area contributed by atoms with Crippen LogP contribution in [0, 0.1) is 5.82 Å². The molecule has 0 radical (unpaired) electrons. The van der Waals surface area contributed by atoms with Crippen LogP contribution in [0.3, 0.4) is 0 Å². The van der Waals surface area contributed by atoms with E-state index < -0.39 is 5.60 Å². The Kier molecular flexibility index (Phi) is 3.61. The summed E-state index contributed by atoms with van der Waals surface area (Å²) in [6.07, 6.45) is 1.81. The predicted octanol–water partition coefficient (Wildman–Crippen LogP) is 3.54. The molecule has 0 spiro atoms. The lowest BCUT2D eigenvalue weighted by molar-refractivity contribution is 0.0780. The van der Waals surface area contributed by atoms with Crippen LogP contribution in [-0.4, -0.2) is 11.4 Å². The molecule has 0 heterocycles. The number of halogens is 2. The van der Waals surface area contributed by atoms with Crippen LogP contribution in [0.5, 0.6) is 0 Å². The van der Waals surface area contributed by atoms with Crippen molar-refractivity contribution >= 4 is 27.7 Å². The molecule has 0 aliphatic heterocycles. The molecule has 0 unspecified atom stereocenters. The summed E-state index contributed by atoms with van der Waals surface area (Å²) in [4.78, 5) is 0.568. The van der Waals surface area contributed by atoms with Crippen molar-refractivity contribution in [1.29, 1.82) is 0 Å². The molecule has 0 aliphatic carbocycles. The highest BCUT2D eigenvalue weighted by molar-refractivity contribution is 9.10. The minimum Gasteiger partial charge on any atom is -0.386 e. The highest BCUT2D eigenvalue weighted by atomic mass is 79.9. The summed E-state index contributed by atoms with van der Waals surface area (Å²) in [6.45, 7) is 3.26. The van der Waals surface area contributed by atoms with Gasteiger partial charge in [-0.05, 0) is 53.7 Å². The first-order chi connectivity index (χ1) is 6.36. The second-order valence-electron chi connectivity index (χ2n) is 3.53. The fourth-order valence-electron chi connectivity index (χ4n) is 1.11. The fraction of sp³-hybridized carbons (Fsp3) is 0.400. The van der Waals surface area contributed by atoms with E-state index in [-0.39, 0.29) is 5.82 Å². The molecular weight excluding hydrogens is 267 g/mol.